The molecule has 2 heterocycles. The summed E-state index contributed by atoms with van der Waals surface area (Å²) in [5.74, 6) is 1.66. The predicted octanol–water partition coefficient (Wildman–Crippen LogP) is 0.988. The number of rotatable bonds is 5. The number of esters is 1. The van der Waals surface area contributed by atoms with E-state index in [0.717, 1.165) is 25.1 Å². The van der Waals surface area contributed by atoms with Crippen molar-refractivity contribution in [2.24, 2.45) is 5.73 Å². The number of ether oxygens (including phenoxy) is 2. The molecule has 0 aliphatic heterocycles. The monoisotopic (exact) mass is 345 g/mol. The SMILES string of the molecule is COC(=O)Cc1nc([C@H]2CC[C@@H](N)[C@H](OC)C2)n(-c2ccccn2)n1. The van der Waals surface area contributed by atoms with Crippen molar-refractivity contribution in [3.8, 4) is 5.82 Å². The third-order valence-electron chi connectivity index (χ3n) is 4.58. The molecule has 1 aliphatic carbocycles. The van der Waals surface area contributed by atoms with Crippen LogP contribution in [-0.4, -0.2) is 52.1 Å². The largest absolute Gasteiger partial charge is 0.469 e. The number of nitrogens with two attached hydrogens (primary N) is 1. The normalized spacial score (nSPS) is 23.4. The number of aromatic nitrogens is 4. The van der Waals surface area contributed by atoms with E-state index in [-0.39, 0.29) is 30.5 Å². The Morgan fingerprint density at radius 1 is 1.36 bits per heavy atom. The lowest BCUT2D eigenvalue weighted by Gasteiger charge is -2.32. The van der Waals surface area contributed by atoms with Crippen molar-refractivity contribution in [3.63, 3.8) is 0 Å². The van der Waals surface area contributed by atoms with Crippen molar-refractivity contribution in [3.05, 3.63) is 36.0 Å². The van der Waals surface area contributed by atoms with Crippen LogP contribution in [0.1, 0.15) is 36.8 Å². The third-order valence-corrected chi connectivity index (χ3v) is 4.58. The molecule has 0 bridgehead atoms. The van der Waals surface area contributed by atoms with E-state index in [1.54, 1.807) is 18.0 Å². The average Bonchev–Trinajstić information content (AvgIpc) is 3.06. The molecule has 0 radical (unpaired) electrons. The number of hydrogen-bond donors (Lipinski definition) is 1. The Labute approximate surface area is 146 Å². The quantitative estimate of drug-likeness (QED) is 0.806. The van der Waals surface area contributed by atoms with Gasteiger partial charge in [-0.3, -0.25) is 4.79 Å². The fraction of sp³-hybridized carbons (Fsp3) is 0.529. The molecule has 0 aromatic carbocycles. The van der Waals surface area contributed by atoms with Crippen LogP contribution in [0, 0.1) is 0 Å². The van der Waals surface area contributed by atoms with Crippen molar-refractivity contribution >= 4 is 5.97 Å². The molecule has 1 aliphatic rings. The van der Waals surface area contributed by atoms with E-state index in [1.807, 2.05) is 18.2 Å². The summed E-state index contributed by atoms with van der Waals surface area (Å²) in [4.78, 5) is 20.6. The van der Waals surface area contributed by atoms with Gasteiger partial charge in [0.1, 0.15) is 12.2 Å². The topological polar surface area (TPSA) is 105 Å². The maximum Gasteiger partial charge on any atom is 0.313 e. The van der Waals surface area contributed by atoms with E-state index >= 15 is 0 Å². The second kappa shape index (κ2) is 7.71. The van der Waals surface area contributed by atoms with Gasteiger partial charge in [0.05, 0.1) is 13.2 Å². The van der Waals surface area contributed by atoms with E-state index in [4.69, 9.17) is 15.2 Å². The average molecular weight is 345 g/mol. The zero-order chi connectivity index (χ0) is 17.8. The lowest BCUT2D eigenvalue weighted by Crippen LogP contribution is -2.41. The Bertz CT molecular complexity index is 718. The van der Waals surface area contributed by atoms with Gasteiger partial charge < -0.3 is 15.2 Å². The predicted molar refractivity (Wildman–Crippen MR) is 90.2 cm³/mol. The molecule has 2 N–H and O–H groups in total. The van der Waals surface area contributed by atoms with Gasteiger partial charge in [-0.05, 0) is 31.4 Å². The molecule has 3 atom stereocenters. The van der Waals surface area contributed by atoms with Gasteiger partial charge in [-0.1, -0.05) is 6.07 Å². The number of methoxy groups -OCH3 is 2. The summed E-state index contributed by atoms with van der Waals surface area (Å²) in [6.45, 7) is 0. The number of pyridine rings is 1. The lowest BCUT2D eigenvalue weighted by molar-refractivity contribution is -0.139. The van der Waals surface area contributed by atoms with Crippen LogP contribution >= 0.6 is 0 Å². The van der Waals surface area contributed by atoms with Crippen LogP contribution in [0.25, 0.3) is 5.82 Å². The minimum absolute atomic E-state index is 0.0170. The van der Waals surface area contributed by atoms with E-state index in [0.29, 0.717) is 11.6 Å². The summed E-state index contributed by atoms with van der Waals surface area (Å²) in [7, 11) is 3.03. The lowest BCUT2D eigenvalue weighted by atomic mass is 9.83. The highest BCUT2D eigenvalue weighted by Gasteiger charge is 2.32. The minimum Gasteiger partial charge on any atom is -0.469 e. The molecule has 8 heteroatoms. The summed E-state index contributed by atoms with van der Waals surface area (Å²) in [6.07, 6.45) is 4.23. The standard InChI is InChI=1S/C17H23N5O3/c1-24-13-9-11(6-7-12(13)18)17-20-14(10-16(23)25-2)21-22(17)15-5-3-4-8-19-15/h3-5,8,11-13H,6-7,9-10,18H2,1-2H3/t11-,12+,13+/m0/s1. The van der Waals surface area contributed by atoms with Gasteiger partial charge in [-0.15, -0.1) is 5.10 Å². The molecule has 25 heavy (non-hydrogen) atoms. The highest BCUT2D eigenvalue weighted by Crippen LogP contribution is 2.33. The first-order valence-electron chi connectivity index (χ1n) is 8.34. The van der Waals surface area contributed by atoms with Crippen LogP contribution < -0.4 is 5.73 Å². The first kappa shape index (κ1) is 17.5. The Morgan fingerprint density at radius 2 is 2.20 bits per heavy atom. The molecule has 134 valence electrons. The summed E-state index contributed by atoms with van der Waals surface area (Å²) >= 11 is 0. The van der Waals surface area contributed by atoms with Crippen LogP contribution in [0.15, 0.2) is 24.4 Å². The summed E-state index contributed by atoms with van der Waals surface area (Å²) < 4.78 is 12.0. The Hall–Kier alpha value is -2.32. The van der Waals surface area contributed by atoms with Crippen LogP contribution in [0.4, 0.5) is 0 Å². The fourth-order valence-corrected chi connectivity index (χ4v) is 3.21. The molecule has 0 spiro atoms. The van der Waals surface area contributed by atoms with Crippen molar-refractivity contribution in [2.45, 2.75) is 43.7 Å². The van der Waals surface area contributed by atoms with Gasteiger partial charge in [0, 0.05) is 25.3 Å². The second-order valence-electron chi connectivity index (χ2n) is 6.19. The molecule has 1 fully saturated rings. The Kier molecular flexibility index (Phi) is 5.40. The maximum atomic E-state index is 11.6. The van der Waals surface area contributed by atoms with Crippen LogP contribution in [0.5, 0.6) is 0 Å². The van der Waals surface area contributed by atoms with E-state index in [9.17, 15) is 4.79 Å². The summed E-state index contributed by atoms with van der Waals surface area (Å²) in [5.41, 5.74) is 6.13. The Balaban J connectivity index is 1.94. The zero-order valence-corrected chi connectivity index (χ0v) is 14.5. The Morgan fingerprint density at radius 3 is 2.88 bits per heavy atom. The number of nitrogens with zero attached hydrogens (tertiary/aromatic N) is 4. The maximum absolute atomic E-state index is 11.6. The minimum atomic E-state index is -0.370. The molecular formula is C17H23N5O3. The van der Waals surface area contributed by atoms with Crippen LogP contribution in [-0.2, 0) is 20.7 Å². The molecule has 3 rings (SSSR count). The van der Waals surface area contributed by atoms with E-state index < -0.39 is 0 Å². The molecule has 0 amide bonds. The van der Waals surface area contributed by atoms with Gasteiger partial charge in [0.2, 0.25) is 0 Å². The van der Waals surface area contributed by atoms with Gasteiger partial charge in [0.25, 0.3) is 0 Å². The number of carbonyl (C=O) groups excluding carboxylic acids is 1. The second-order valence-corrected chi connectivity index (χ2v) is 6.19. The summed E-state index contributed by atoms with van der Waals surface area (Å²) in [5, 5.41) is 4.48. The van der Waals surface area contributed by atoms with Crippen LogP contribution in [0.3, 0.4) is 0 Å². The molecule has 1 saturated carbocycles. The first-order chi connectivity index (χ1) is 12.1. The van der Waals surface area contributed by atoms with E-state index in [2.05, 4.69) is 15.1 Å². The van der Waals surface area contributed by atoms with Gasteiger partial charge in [-0.2, -0.15) is 4.68 Å². The first-order valence-corrected chi connectivity index (χ1v) is 8.34. The molecule has 8 nitrogen and oxygen atoms in total. The highest BCUT2D eigenvalue weighted by molar-refractivity contribution is 5.71. The highest BCUT2D eigenvalue weighted by atomic mass is 16.5. The van der Waals surface area contributed by atoms with Gasteiger partial charge in [-0.25, -0.2) is 9.97 Å². The summed E-state index contributed by atoms with van der Waals surface area (Å²) in [6, 6.07) is 5.63. The zero-order valence-electron chi connectivity index (χ0n) is 14.5. The third kappa shape index (κ3) is 3.85. The van der Waals surface area contributed by atoms with E-state index in [1.165, 1.54) is 7.11 Å². The fourth-order valence-electron chi connectivity index (χ4n) is 3.21. The van der Waals surface area contributed by atoms with Crippen molar-refractivity contribution in [1.82, 2.24) is 19.7 Å². The molecule has 0 saturated heterocycles. The van der Waals surface area contributed by atoms with Crippen molar-refractivity contribution in [1.29, 1.82) is 0 Å². The van der Waals surface area contributed by atoms with Gasteiger partial charge >= 0.3 is 5.97 Å². The van der Waals surface area contributed by atoms with Crippen molar-refractivity contribution < 1.29 is 14.3 Å². The number of carbonyl (C=O) groups is 1. The molecule has 0 unspecified atom stereocenters. The van der Waals surface area contributed by atoms with Gasteiger partial charge in [0.15, 0.2) is 11.6 Å². The van der Waals surface area contributed by atoms with Crippen molar-refractivity contribution in [2.75, 3.05) is 14.2 Å². The number of hydrogen-bond acceptors (Lipinski definition) is 7. The molecule has 2 aromatic rings. The molecule has 2 aromatic heterocycles. The smallest absolute Gasteiger partial charge is 0.313 e. The van der Waals surface area contributed by atoms with Crippen LogP contribution in [0.2, 0.25) is 0 Å². The molecular weight excluding hydrogens is 322 g/mol.